The molecule has 5 heterocycles. The van der Waals surface area contributed by atoms with E-state index in [0.29, 0.717) is 62.3 Å². The third kappa shape index (κ3) is 4.61. The number of rotatable bonds is 6. The fraction of sp³-hybridized carbons (Fsp3) is 0.517. The number of aryl methyl sites for hydroxylation is 1. The molecule has 212 valence electrons. The standard InChI is InChI=1S/C29H38N8O3/c1-6-24(38)37-13-12-36(15-19(37)3)28-26-27(31-29(32-28)40-16-20-8-7-11-34(20)4)35(5)23(17-39-26)25-18(2)9-10-22-21(25)14-30-33-22/h6,9-10,14,19-20,23H,1,7-8,11-13,15-17H2,2-5H3,(H,30,33)/t19-,20+,23?/m1/s1. The Balaban J connectivity index is 1.36. The second kappa shape index (κ2) is 10.6. The summed E-state index contributed by atoms with van der Waals surface area (Å²) in [6.45, 7) is 11.7. The van der Waals surface area contributed by atoms with Crippen molar-refractivity contribution in [1.82, 2.24) is 30.0 Å². The van der Waals surface area contributed by atoms with Gasteiger partial charge in [0, 0.05) is 44.2 Å². The second-order valence-corrected chi connectivity index (χ2v) is 11.2. The van der Waals surface area contributed by atoms with Gasteiger partial charge in [0.1, 0.15) is 13.2 Å². The smallest absolute Gasteiger partial charge is 0.320 e. The number of hydrogen-bond acceptors (Lipinski definition) is 9. The topological polar surface area (TPSA) is 103 Å². The summed E-state index contributed by atoms with van der Waals surface area (Å²) in [5, 5.41) is 8.45. The second-order valence-electron chi connectivity index (χ2n) is 11.2. The fourth-order valence-electron chi connectivity index (χ4n) is 6.30. The molecule has 3 aromatic rings. The fourth-order valence-corrected chi connectivity index (χ4v) is 6.30. The number of aromatic amines is 1. The maximum absolute atomic E-state index is 12.4. The van der Waals surface area contributed by atoms with E-state index >= 15 is 0 Å². The number of anilines is 2. The lowest BCUT2D eigenvalue weighted by atomic mass is 9.96. The van der Waals surface area contributed by atoms with Gasteiger partial charge in [0.15, 0.2) is 11.6 Å². The highest BCUT2D eigenvalue weighted by molar-refractivity contribution is 5.87. The van der Waals surface area contributed by atoms with Crippen LogP contribution in [0.2, 0.25) is 0 Å². The lowest BCUT2D eigenvalue weighted by Gasteiger charge is -2.42. The summed E-state index contributed by atoms with van der Waals surface area (Å²) in [6.07, 6.45) is 5.53. The summed E-state index contributed by atoms with van der Waals surface area (Å²) < 4.78 is 12.8. The average Bonchev–Trinajstić information content (AvgIpc) is 3.60. The summed E-state index contributed by atoms with van der Waals surface area (Å²) in [6, 6.07) is 4.80. The molecule has 0 aliphatic carbocycles. The monoisotopic (exact) mass is 546 g/mol. The number of likely N-dealkylation sites (tertiary alicyclic amines) is 1. The molecule has 11 heteroatoms. The molecular formula is C29H38N8O3. The number of aromatic nitrogens is 4. The number of carbonyl (C=O) groups is 1. The zero-order valence-electron chi connectivity index (χ0n) is 23.8. The van der Waals surface area contributed by atoms with Crippen LogP contribution in [0.5, 0.6) is 11.8 Å². The van der Waals surface area contributed by atoms with Crippen LogP contribution in [0.1, 0.15) is 36.9 Å². The molecule has 0 spiro atoms. The average molecular weight is 547 g/mol. The Morgan fingerprint density at radius 2 is 2.05 bits per heavy atom. The number of hydrogen-bond donors (Lipinski definition) is 1. The largest absolute Gasteiger partial charge is 0.484 e. The van der Waals surface area contributed by atoms with Crippen molar-refractivity contribution >= 4 is 28.4 Å². The van der Waals surface area contributed by atoms with E-state index in [0.717, 1.165) is 23.9 Å². The highest BCUT2D eigenvalue weighted by Crippen LogP contribution is 2.45. The number of ether oxygens (including phenoxy) is 2. The third-order valence-electron chi connectivity index (χ3n) is 8.67. The van der Waals surface area contributed by atoms with Crippen LogP contribution in [-0.2, 0) is 4.79 Å². The summed E-state index contributed by atoms with van der Waals surface area (Å²) in [5.74, 6) is 2.01. The molecule has 1 N–H and O–H groups in total. The first-order chi connectivity index (χ1) is 19.4. The molecule has 1 unspecified atom stereocenters. The molecule has 6 rings (SSSR count). The number of likely N-dealkylation sites (N-methyl/N-ethyl adjacent to an activating group) is 2. The number of nitrogens with one attached hydrogen (secondary N) is 1. The van der Waals surface area contributed by atoms with E-state index in [1.54, 1.807) is 0 Å². The number of nitrogens with zero attached hydrogens (tertiary/aromatic N) is 7. The molecule has 40 heavy (non-hydrogen) atoms. The molecule has 0 saturated carbocycles. The van der Waals surface area contributed by atoms with Crippen LogP contribution in [0.4, 0.5) is 11.6 Å². The van der Waals surface area contributed by atoms with Crippen molar-refractivity contribution in [1.29, 1.82) is 0 Å². The van der Waals surface area contributed by atoms with Crippen LogP contribution >= 0.6 is 0 Å². The highest BCUT2D eigenvalue weighted by Gasteiger charge is 2.36. The zero-order valence-corrected chi connectivity index (χ0v) is 23.8. The molecule has 3 aliphatic rings. The number of piperazine rings is 1. The summed E-state index contributed by atoms with van der Waals surface area (Å²) >= 11 is 0. The molecule has 0 bridgehead atoms. The SMILES string of the molecule is C=CC(=O)N1CCN(c2nc(OC[C@@H]3CCCN3C)nc3c2OCC(c2c(C)ccc4[nH]ncc24)N3C)C[C@H]1C. The molecule has 2 saturated heterocycles. The Morgan fingerprint density at radius 3 is 2.80 bits per heavy atom. The Bertz CT molecular complexity index is 1420. The van der Waals surface area contributed by atoms with Crippen molar-refractivity contribution < 1.29 is 14.3 Å². The summed E-state index contributed by atoms with van der Waals surface area (Å²) in [4.78, 5) is 30.7. The Hall–Kier alpha value is -3.86. The Labute approximate surface area is 234 Å². The van der Waals surface area contributed by atoms with Gasteiger partial charge in [0.2, 0.25) is 11.7 Å². The first kappa shape index (κ1) is 26.4. The molecule has 3 aliphatic heterocycles. The molecule has 1 amide bonds. The van der Waals surface area contributed by atoms with Crippen LogP contribution in [0.15, 0.2) is 31.0 Å². The minimum Gasteiger partial charge on any atom is -0.484 e. The minimum atomic E-state index is -0.0636. The molecule has 1 aromatic carbocycles. The maximum atomic E-state index is 12.4. The third-order valence-corrected chi connectivity index (χ3v) is 8.67. The van der Waals surface area contributed by atoms with Gasteiger partial charge in [-0.25, -0.2) is 0 Å². The number of amides is 1. The zero-order chi connectivity index (χ0) is 28.0. The van der Waals surface area contributed by atoms with E-state index in [9.17, 15) is 4.79 Å². The van der Waals surface area contributed by atoms with Gasteiger partial charge in [-0.15, -0.1) is 0 Å². The van der Waals surface area contributed by atoms with Crippen LogP contribution in [0.3, 0.4) is 0 Å². The normalized spacial score (nSPS) is 23.3. The number of H-pyrrole nitrogens is 1. The Kier molecular flexibility index (Phi) is 6.99. The number of benzene rings is 1. The maximum Gasteiger partial charge on any atom is 0.320 e. The van der Waals surface area contributed by atoms with E-state index in [1.807, 2.05) is 18.0 Å². The van der Waals surface area contributed by atoms with Gasteiger partial charge < -0.3 is 29.1 Å². The van der Waals surface area contributed by atoms with Crippen molar-refractivity contribution in [3.63, 3.8) is 0 Å². The Morgan fingerprint density at radius 1 is 1.23 bits per heavy atom. The molecule has 11 nitrogen and oxygen atoms in total. The van der Waals surface area contributed by atoms with Crippen molar-refractivity contribution in [2.24, 2.45) is 0 Å². The molecule has 2 fully saturated rings. The van der Waals surface area contributed by atoms with Gasteiger partial charge >= 0.3 is 6.01 Å². The molecular weight excluding hydrogens is 508 g/mol. The van der Waals surface area contributed by atoms with E-state index in [1.165, 1.54) is 23.6 Å². The van der Waals surface area contributed by atoms with E-state index in [4.69, 9.17) is 19.4 Å². The van der Waals surface area contributed by atoms with Gasteiger partial charge in [-0.05, 0) is 63.6 Å². The van der Waals surface area contributed by atoms with Crippen LogP contribution < -0.4 is 19.3 Å². The molecule has 2 aromatic heterocycles. The van der Waals surface area contributed by atoms with Gasteiger partial charge in [0.05, 0.1) is 17.8 Å². The van der Waals surface area contributed by atoms with E-state index < -0.39 is 0 Å². The van der Waals surface area contributed by atoms with Crippen LogP contribution in [-0.4, -0.2) is 101 Å². The minimum absolute atomic E-state index is 0.00298. The van der Waals surface area contributed by atoms with Crippen molar-refractivity contribution in [2.75, 3.05) is 63.3 Å². The van der Waals surface area contributed by atoms with E-state index in [-0.39, 0.29) is 18.0 Å². The lowest BCUT2D eigenvalue weighted by Crippen LogP contribution is -2.54. The molecule has 0 radical (unpaired) electrons. The number of fused-ring (bicyclic) bond motifs is 2. The van der Waals surface area contributed by atoms with E-state index in [2.05, 4.69) is 64.6 Å². The van der Waals surface area contributed by atoms with Gasteiger partial charge in [0.25, 0.3) is 0 Å². The van der Waals surface area contributed by atoms with Crippen LogP contribution in [0.25, 0.3) is 10.9 Å². The highest BCUT2D eigenvalue weighted by atomic mass is 16.5. The summed E-state index contributed by atoms with van der Waals surface area (Å²) in [7, 11) is 4.19. The van der Waals surface area contributed by atoms with Gasteiger partial charge in [-0.1, -0.05) is 12.6 Å². The van der Waals surface area contributed by atoms with Crippen molar-refractivity contribution in [3.8, 4) is 11.8 Å². The first-order valence-corrected chi connectivity index (χ1v) is 14.1. The van der Waals surface area contributed by atoms with Crippen molar-refractivity contribution in [3.05, 3.63) is 42.1 Å². The predicted molar refractivity (Wildman–Crippen MR) is 154 cm³/mol. The predicted octanol–water partition coefficient (Wildman–Crippen LogP) is 2.93. The quantitative estimate of drug-likeness (QED) is 0.468. The van der Waals surface area contributed by atoms with Gasteiger partial charge in [-0.3, -0.25) is 9.89 Å². The van der Waals surface area contributed by atoms with Crippen LogP contribution in [0, 0.1) is 6.92 Å². The van der Waals surface area contributed by atoms with Gasteiger partial charge in [-0.2, -0.15) is 15.1 Å². The lowest BCUT2D eigenvalue weighted by molar-refractivity contribution is -0.128. The summed E-state index contributed by atoms with van der Waals surface area (Å²) in [5.41, 5.74) is 3.33. The molecule has 3 atom stereocenters. The first-order valence-electron chi connectivity index (χ1n) is 14.1. The van der Waals surface area contributed by atoms with Crippen molar-refractivity contribution in [2.45, 2.75) is 44.8 Å². The number of carbonyl (C=O) groups excluding carboxylic acids is 1.